The molecular formula is C21H31N3O4. The van der Waals surface area contributed by atoms with Crippen molar-refractivity contribution in [2.24, 2.45) is 4.99 Å². The van der Waals surface area contributed by atoms with Crippen LogP contribution in [-0.4, -0.2) is 58.9 Å². The van der Waals surface area contributed by atoms with Gasteiger partial charge in [-0.15, -0.1) is 0 Å². The Kier molecular flexibility index (Phi) is 9.21. The summed E-state index contributed by atoms with van der Waals surface area (Å²) >= 11 is 0. The monoisotopic (exact) mass is 389 g/mol. The van der Waals surface area contributed by atoms with Gasteiger partial charge in [-0.25, -0.2) is 0 Å². The highest BCUT2D eigenvalue weighted by Gasteiger charge is 2.08. The Morgan fingerprint density at radius 3 is 2.68 bits per heavy atom. The SMILES string of the molecule is CN=C(NCCCOCc1ccco1)N(C)CCc1ccc(OC)c(OC)c1. The standard InChI is InChI=1S/C21H31N3O4/c1-22-21(23-11-6-13-27-16-18-7-5-14-28-18)24(2)12-10-17-8-9-19(25-3)20(15-17)26-4/h5,7-9,14-15H,6,10-13,16H2,1-4H3,(H,22,23). The zero-order valence-corrected chi connectivity index (χ0v) is 17.2. The van der Waals surface area contributed by atoms with Gasteiger partial charge in [0.05, 0.1) is 20.5 Å². The summed E-state index contributed by atoms with van der Waals surface area (Å²) in [4.78, 5) is 6.46. The van der Waals surface area contributed by atoms with E-state index in [0.717, 1.165) is 49.1 Å². The minimum Gasteiger partial charge on any atom is -0.493 e. The lowest BCUT2D eigenvalue weighted by atomic mass is 10.1. The second-order valence-electron chi connectivity index (χ2n) is 6.32. The van der Waals surface area contributed by atoms with Crippen molar-refractivity contribution in [3.63, 3.8) is 0 Å². The van der Waals surface area contributed by atoms with E-state index in [0.29, 0.717) is 13.2 Å². The molecule has 1 heterocycles. The van der Waals surface area contributed by atoms with Gasteiger partial charge in [-0.1, -0.05) is 6.07 Å². The molecule has 0 aliphatic carbocycles. The number of rotatable bonds is 11. The molecule has 0 aliphatic rings. The molecule has 0 bridgehead atoms. The molecule has 1 aromatic carbocycles. The number of guanidine groups is 1. The molecule has 7 nitrogen and oxygen atoms in total. The summed E-state index contributed by atoms with van der Waals surface area (Å²) in [6.45, 7) is 2.81. The van der Waals surface area contributed by atoms with Crippen LogP contribution in [0.25, 0.3) is 0 Å². The molecule has 0 saturated carbocycles. The molecule has 2 rings (SSSR count). The van der Waals surface area contributed by atoms with E-state index in [9.17, 15) is 0 Å². The molecule has 1 N–H and O–H groups in total. The average molecular weight is 389 g/mol. The van der Waals surface area contributed by atoms with Crippen molar-refractivity contribution in [3.8, 4) is 11.5 Å². The van der Waals surface area contributed by atoms with E-state index < -0.39 is 0 Å². The van der Waals surface area contributed by atoms with Gasteiger partial charge in [0.2, 0.25) is 0 Å². The molecule has 0 amide bonds. The summed E-state index contributed by atoms with van der Waals surface area (Å²) in [5, 5.41) is 3.37. The fourth-order valence-electron chi connectivity index (χ4n) is 2.77. The minimum absolute atomic E-state index is 0.507. The molecule has 0 saturated heterocycles. The predicted octanol–water partition coefficient (Wildman–Crippen LogP) is 2.95. The van der Waals surface area contributed by atoms with Crippen LogP contribution in [0.1, 0.15) is 17.7 Å². The lowest BCUT2D eigenvalue weighted by molar-refractivity contribution is 0.104. The molecule has 0 unspecified atom stereocenters. The van der Waals surface area contributed by atoms with Crippen molar-refractivity contribution in [1.29, 1.82) is 0 Å². The van der Waals surface area contributed by atoms with E-state index in [4.69, 9.17) is 18.6 Å². The molecule has 2 aromatic rings. The largest absolute Gasteiger partial charge is 0.493 e. The highest BCUT2D eigenvalue weighted by Crippen LogP contribution is 2.27. The highest BCUT2D eigenvalue weighted by atomic mass is 16.5. The number of hydrogen-bond acceptors (Lipinski definition) is 5. The Labute approximate surface area is 167 Å². The van der Waals surface area contributed by atoms with Crippen LogP contribution in [0.15, 0.2) is 46.0 Å². The Balaban J connectivity index is 1.68. The van der Waals surface area contributed by atoms with Crippen molar-refractivity contribution in [2.75, 3.05) is 48.0 Å². The average Bonchev–Trinajstić information content (AvgIpc) is 3.24. The third kappa shape index (κ3) is 6.81. The number of nitrogens with zero attached hydrogens (tertiary/aromatic N) is 2. The Morgan fingerprint density at radius 1 is 1.18 bits per heavy atom. The molecule has 1 aromatic heterocycles. The number of likely N-dealkylation sites (N-methyl/N-ethyl adjacent to an activating group) is 1. The molecule has 7 heteroatoms. The highest BCUT2D eigenvalue weighted by molar-refractivity contribution is 5.79. The first-order valence-corrected chi connectivity index (χ1v) is 9.40. The molecule has 154 valence electrons. The lowest BCUT2D eigenvalue weighted by Crippen LogP contribution is -2.40. The van der Waals surface area contributed by atoms with E-state index in [-0.39, 0.29) is 0 Å². The second kappa shape index (κ2) is 11.9. The Hall–Kier alpha value is -2.67. The zero-order chi connectivity index (χ0) is 20.2. The number of hydrogen-bond donors (Lipinski definition) is 1. The van der Waals surface area contributed by atoms with E-state index in [1.807, 2.05) is 31.3 Å². The first kappa shape index (κ1) is 21.6. The van der Waals surface area contributed by atoms with Gasteiger partial charge in [0.1, 0.15) is 12.4 Å². The normalized spacial score (nSPS) is 11.4. The van der Waals surface area contributed by atoms with Crippen LogP contribution in [0.5, 0.6) is 11.5 Å². The van der Waals surface area contributed by atoms with E-state index in [1.54, 1.807) is 27.5 Å². The van der Waals surface area contributed by atoms with Crippen LogP contribution in [0, 0.1) is 0 Å². The maximum atomic E-state index is 5.59. The maximum absolute atomic E-state index is 5.59. The Bertz CT molecular complexity index is 716. The van der Waals surface area contributed by atoms with Crippen LogP contribution in [-0.2, 0) is 17.8 Å². The van der Waals surface area contributed by atoms with E-state index in [1.165, 1.54) is 5.56 Å². The van der Waals surface area contributed by atoms with Crippen LogP contribution in [0.2, 0.25) is 0 Å². The van der Waals surface area contributed by atoms with Crippen molar-refractivity contribution >= 4 is 5.96 Å². The summed E-state index contributed by atoms with van der Waals surface area (Å²) in [5.41, 5.74) is 1.19. The zero-order valence-electron chi connectivity index (χ0n) is 17.2. The van der Waals surface area contributed by atoms with Gasteiger partial charge < -0.3 is 28.8 Å². The number of nitrogens with one attached hydrogen (secondary N) is 1. The van der Waals surface area contributed by atoms with Gasteiger partial charge in [0.25, 0.3) is 0 Å². The van der Waals surface area contributed by atoms with Crippen molar-refractivity contribution in [1.82, 2.24) is 10.2 Å². The van der Waals surface area contributed by atoms with E-state index in [2.05, 4.69) is 21.3 Å². The molecule has 28 heavy (non-hydrogen) atoms. The van der Waals surface area contributed by atoms with Crippen LogP contribution < -0.4 is 14.8 Å². The van der Waals surface area contributed by atoms with E-state index >= 15 is 0 Å². The first-order valence-electron chi connectivity index (χ1n) is 9.40. The van der Waals surface area contributed by atoms with Gasteiger partial charge in [0, 0.05) is 33.8 Å². The van der Waals surface area contributed by atoms with Crippen LogP contribution in [0.4, 0.5) is 0 Å². The smallest absolute Gasteiger partial charge is 0.193 e. The topological polar surface area (TPSA) is 68.5 Å². The predicted molar refractivity (Wildman–Crippen MR) is 110 cm³/mol. The molecule has 0 aliphatic heterocycles. The third-order valence-corrected chi connectivity index (χ3v) is 4.33. The van der Waals surface area contributed by atoms with Gasteiger partial charge in [-0.05, 0) is 42.7 Å². The summed E-state index contributed by atoms with van der Waals surface area (Å²) in [6, 6.07) is 9.78. The fourth-order valence-corrected chi connectivity index (χ4v) is 2.77. The summed E-state index contributed by atoms with van der Waals surface area (Å²) in [7, 11) is 7.12. The van der Waals surface area contributed by atoms with Gasteiger partial charge in [-0.2, -0.15) is 0 Å². The van der Waals surface area contributed by atoms with Crippen LogP contribution >= 0.6 is 0 Å². The third-order valence-electron chi connectivity index (χ3n) is 4.33. The van der Waals surface area contributed by atoms with Crippen molar-refractivity contribution in [2.45, 2.75) is 19.4 Å². The van der Waals surface area contributed by atoms with Crippen LogP contribution in [0.3, 0.4) is 0 Å². The van der Waals surface area contributed by atoms with Crippen molar-refractivity contribution in [3.05, 3.63) is 47.9 Å². The lowest BCUT2D eigenvalue weighted by Gasteiger charge is -2.22. The number of aliphatic imine (C=N–C) groups is 1. The molecular weight excluding hydrogens is 358 g/mol. The summed E-state index contributed by atoms with van der Waals surface area (Å²) in [6.07, 6.45) is 3.43. The summed E-state index contributed by atoms with van der Waals surface area (Å²) < 4.78 is 21.5. The fraction of sp³-hybridized carbons (Fsp3) is 0.476. The second-order valence-corrected chi connectivity index (χ2v) is 6.32. The quantitative estimate of drug-likeness (QED) is 0.362. The number of furan rings is 1. The minimum atomic E-state index is 0.507. The number of methoxy groups -OCH3 is 2. The van der Waals surface area contributed by atoms with Gasteiger partial charge >= 0.3 is 0 Å². The Morgan fingerprint density at radius 2 is 2.00 bits per heavy atom. The van der Waals surface area contributed by atoms with Crippen molar-refractivity contribution < 1.29 is 18.6 Å². The molecule has 0 spiro atoms. The van der Waals surface area contributed by atoms with Gasteiger partial charge in [0.15, 0.2) is 17.5 Å². The summed E-state index contributed by atoms with van der Waals surface area (Å²) in [5.74, 6) is 3.20. The molecule has 0 fully saturated rings. The van der Waals surface area contributed by atoms with Gasteiger partial charge in [-0.3, -0.25) is 4.99 Å². The number of ether oxygens (including phenoxy) is 3. The molecule has 0 radical (unpaired) electrons. The molecule has 0 atom stereocenters. The maximum Gasteiger partial charge on any atom is 0.193 e. The first-order chi connectivity index (χ1) is 13.7. The number of benzene rings is 1.